The van der Waals surface area contributed by atoms with Crippen LogP contribution in [0.4, 0.5) is 0 Å². The molecule has 1 saturated heterocycles. The molecule has 1 fully saturated rings. The lowest BCUT2D eigenvalue weighted by molar-refractivity contribution is -0.124. The summed E-state index contributed by atoms with van der Waals surface area (Å²) in [6.07, 6.45) is 2.03. The molecule has 0 aromatic rings. The van der Waals surface area contributed by atoms with Gasteiger partial charge in [-0.25, -0.2) is 0 Å². The molecule has 0 bridgehead atoms. The van der Waals surface area contributed by atoms with Crippen molar-refractivity contribution in [3.05, 3.63) is 0 Å². The quantitative estimate of drug-likeness (QED) is 0.717. The highest BCUT2D eigenvalue weighted by atomic mass is 16.2. The van der Waals surface area contributed by atoms with E-state index >= 15 is 0 Å². The number of carbonyl (C=O) groups is 1. The molecule has 0 aliphatic carbocycles. The van der Waals surface area contributed by atoms with E-state index in [0.29, 0.717) is 12.5 Å². The number of nitriles is 1. The van der Waals surface area contributed by atoms with Gasteiger partial charge in [0.1, 0.15) is 0 Å². The maximum atomic E-state index is 11.7. The van der Waals surface area contributed by atoms with Crippen molar-refractivity contribution < 1.29 is 4.79 Å². The van der Waals surface area contributed by atoms with Crippen molar-refractivity contribution in [2.75, 3.05) is 13.1 Å². The Bertz CT molecular complexity index is 259. The van der Waals surface area contributed by atoms with Crippen LogP contribution in [0.15, 0.2) is 0 Å². The number of rotatable bonds is 3. The SMILES string of the molecule is CC(C#N)CNC(=O)C1CC(C)CCN1. The minimum absolute atomic E-state index is 0.0312. The molecule has 1 heterocycles. The number of hydrogen-bond acceptors (Lipinski definition) is 3. The fourth-order valence-corrected chi connectivity index (χ4v) is 1.73. The molecule has 3 unspecified atom stereocenters. The molecule has 1 aliphatic rings. The topological polar surface area (TPSA) is 64.9 Å². The predicted octanol–water partition coefficient (Wildman–Crippen LogP) is 0.650. The molecule has 1 aliphatic heterocycles. The summed E-state index contributed by atoms with van der Waals surface area (Å²) in [6, 6.07) is 2.03. The summed E-state index contributed by atoms with van der Waals surface area (Å²) < 4.78 is 0. The number of carbonyl (C=O) groups excluding carboxylic acids is 1. The first-order chi connectivity index (χ1) is 7.13. The van der Waals surface area contributed by atoms with E-state index in [0.717, 1.165) is 19.4 Å². The van der Waals surface area contributed by atoms with Crippen LogP contribution in [-0.2, 0) is 4.79 Å². The van der Waals surface area contributed by atoms with Crippen molar-refractivity contribution in [1.82, 2.24) is 10.6 Å². The molecule has 1 rings (SSSR count). The lowest BCUT2D eigenvalue weighted by atomic mass is 9.94. The molecule has 15 heavy (non-hydrogen) atoms. The summed E-state index contributed by atoms with van der Waals surface area (Å²) >= 11 is 0. The van der Waals surface area contributed by atoms with Gasteiger partial charge < -0.3 is 10.6 Å². The molecule has 0 radical (unpaired) electrons. The van der Waals surface area contributed by atoms with Gasteiger partial charge >= 0.3 is 0 Å². The number of piperidine rings is 1. The van der Waals surface area contributed by atoms with Gasteiger partial charge in [-0.15, -0.1) is 0 Å². The van der Waals surface area contributed by atoms with Crippen LogP contribution in [0.2, 0.25) is 0 Å². The summed E-state index contributed by atoms with van der Waals surface area (Å²) in [5, 5.41) is 14.6. The van der Waals surface area contributed by atoms with Gasteiger partial charge in [-0.3, -0.25) is 4.79 Å². The Morgan fingerprint density at radius 1 is 1.73 bits per heavy atom. The van der Waals surface area contributed by atoms with E-state index in [2.05, 4.69) is 23.6 Å². The monoisotopic (exact) mass is 209 g/mol. The van der Waals surface area contributed by atoms with Crippen LogP contribution in [0.1, 0.15) is 26.7 Å². The maximum absolute atomic E-state index is 11.7. The Morgan fingerprint density at radius 3 is 3.07 bits per heavy atom. The maximum Gasteiger partial charge on any atom is 0.237 e. The van der Waals surface area contributed by atoms with Gasteiger partial charge in [0.15, 0.2) is 0 Å². The van der Waals surface area contributed by atoms with Gasteiger partial charge in [-0.2, -0.15) is 5.26 Å². The molecule has 0 spiro atoms. The summed E-state index contributed by atoms with van der Waals surface area (Å²) in [7, 11) is 0. The smallest absolute Gasteiger partial charge is 0.237 e. The second kappa shape index (κ2) is 5.72. The molecule has 0 saturated carbocycles. The third kappa shape index (κ3) is 3.88. The van der Waals surface area contributed by atoms with Crippen LogP contribution >= 0.6 is 0 Å². The molecule has 84 valence electrons. The third-order valence-corrected chi connectivity index (χ3v) is 2.79. The van der Waals surface area contributed by atoms with Crippen molar-refractivity contribution in [1.29, 1.82) is 5.26 Å². The highest BCUT2D eigenvalue weighted by molar-refractivity contribution is 5.81. The van der Waals surface area contributed by atoms with Gasteiger partial charge in [-0.05, 0) is 32.2 Å². The van der Waals surface area contributed by atoms with Crippen LogP contribution in [0, 0.1) is 23.2 Å². The summed E-state index contributed by atoms with van der Waals surface area (Å²) in [4.78, 5) is 11.7. The fraction of sp³-hybridized carbons (Fsp3) is 0.818. The van der Waals surface area contributed by atoms with Crippen molar-refractivity contribution in [3.63, 3.8) is 0 Å². The number of hydrogen-bond donors (Lipinski definition) is 2. The molecule has 1 amide bonds. The van der Waals surface area contributed by atoms with Gasteiger partial charge in [0.2, 0.25) is 5.91 Å². The van der Waals surface area contributed by atoms with Crippen LogP contribution < -0.4 is 10.6 Å². The zero-order valence-electron chi connectivity index (χ0n) is 9.42. The Hall–Kier alpha value is -1.08. The first-order valence-corrected chi connectivity index (χ1v) is 5.54. The fourth-order valence-electron chi connectivity index (χ4n) is 1.73. The highest BCUT2D eigenvalue weighted by Gasteiger charge is 2.24. The van der Waals surface area contributed by atoms with Crippen LogP contribution in [-0.4, -0.2) is 25.0 Å². The molecule has 0 aromatic carbocycles. The lowest BCUT2D eigenvalue weighted by Gasteiger charge is -2.27. The lowest BCUT2D eigenvalue weighted by Crippen LogP contribution is -2.49. The molecule has 3 atom stereocenters. The minimum Gasteiger partial charge on any atom is -0.353 e. The van der Waals surface area contributed by atoms with E-state index in [4.69, 9.17) is 5.26 Å². The first-order valence-electron chi connectivity index (χ1n) is 5.54. The van der Waals surface area contributed by atoms with Crippen LogP contribution in [0.25, 0.3) is 0 Å². The number of amides is 1. The largest absolute Gasteiger partial charge is 0.353 e. The minimum atomic E-state index is -0.116. The highest BCUT2D eigenvalue weighted by Crippen LogP contribution is 2.14. The van der Waals surface area contributed by atoms with E-state index in [9.17, 15) is 4.79 Å². The average Bonchev–Trinajstić information content (AvgIpc) is 2.25. The van der Waals surface area contributed by atoms with Gasteiger partial charge in [-0.1, -0.05) is 6.92 Å². The van der Waals surface area contributed by atoms with Gasteiger partial charge in [0.25, 0.3) is 0 Å². The van der Waals surface area contributed by atoms with Gasteiger partial charge in [0.05, 0.1) is 18.0 Å². The second-order valence-corrected chi connectivity index (χ2v) is 4.41. The first kappa shape index (κ1) is 12.0. The number of nitrogens with one attached hydrogen (secondary N) is 2. The Balaban J connectivity index is 2.30. The molecule has 4 nitrogen and oxygen atoms in total. The zero-order valence-corrected chi connectivity index (χ0v) is 9.42. The predicted molar refractivity (Wildman–Crippen MR) is 58.0 cm³/mol. The zero-order chi connectivity index (χ0) is 11.3. The summed E-state index contributed by atoms with van der Waals surface area (Å²) in [5.74, 6) is 0.522. The normalized spacial score (nSPS) is 27.8. The van der Waals surface area contributed by atoms with Crippen molar-refractivity contribution in [2.24, 2.45) is 11.8 Å². The van der Waals surface area contributed by atoms with Crippen molar-refractivity contribution >= 4 is 5.91 Å². The molecular weight excluding hydrogens is 190 g/mol. The van der Waals surface area contributed by atoms with E-state index < -0.39 is 0 Å². The van der Waals surface area contributed by atoms with E-state index in [1.807, 2.05) is 0 Å². The van der Waals surface area contributed by atoms with Crippen LogP contribution in [0.5, 0.6) is 0 Å². The second-order valence-electron chi connectivity index (χ2n) is 4.41. The molecule has 2 N–H and O–H groups in total. The molecule has 4 heteroatoms. The average molecular weight is 209 g/mol. The van der Waals surface area contributed by atoms with E-state index in [1.54, 1.807) is 6.92 Å². The third-order valence-electron chi connectivity index (χ3n) is 2.79. The van der Waals surface area contributed by atoms with E-state index in [-0.39, 0.29) is 17.9 Å². The standard InChI is InChI=1S/C11H19N3O/c1-8-3-4-13-10(5-8)11(15)14-7-9(2)6-12/h8-10,13H,3-5,7H2,1-2H3,(H,14,15). The number of nitrogens with zero attached hydrogens (tertiary/aromatic N) is 1. The van der Waals surface area contributed by atoms with Crippen LogP contribution in [0.3, 0.4) is 0 Å². The Morgan fingerprint density at radius 2 is 2.47 bits per heavy atom. The van der Waals surface area contributed by atoms with E-state index in [1.165, 1.54) is 0 Å². The summed E-state index contributed by atoms with van der Waals surface area (Å²) in [5.41, 5.74) is 0. The van der Waals surface area contributed by atoms with Gasteiger partial charge in [0, 0.05) is 6.54 Å². The Kier molecular flexibility index (Phi) is 4.57. The van der Waals surface area contributed by atoms with Crippen molar-refractivity contribution in [3.8, 4) is 6.07 Å². The Labute approximate surface area is 91.0 Å². The van der Waals surface area contributed by atoms with Crippen molar-refractivity contribution in [2.45, 2.75) is 32.7 Å². The molecular formula is C11H19N3O. The molecule has 0 aromatic heterocycles. The summed E-state index contributed by atoms with van der Waals surface area (Å²) in [6.45, 7) is 5.32.